The Morgan fingerprint density at radius 1 is 1.41 bits per heavy atom. The van der Waals surface area contributed by atoms with Crippen molar-refractivity contribution >= 4 is 29.2 Å². The predicted molar refractivity (Wildman–Crippen MR) is 86.4 cm³/mol. The number of carbonyl (C=O) groups is 2. The summed E-state index contributed by atoms with van der Waals surface area (Å²) >= 11 is 6.01. The van der Waals surface area contributed by atoms with Crippen molar-refractivity contribution in [2.24, 2.45) is 0 Å². The Hall–Kier alpha value is -2.01. The highest BCUT2D eigenvalue weighted by Gasteiger charge is 2.18. The van der Waals surface area contributed by atoms with Gasteiger partial charge in [0.05, 0.1) is 12.8 Å². The molecular weight excluding hydrogens is 306 g/mol. The fraction of sp³-hybridized carbons (Fsp3) is 0.375. The zero-order chi connectivity index (χ0) is 16.7. The van der Waals surface area contributed by atoms with Gasteiger partial charge in [0.25, 0.3) is 5.91 Å². The maximum atomic E-state index is 12.1. The molecular formula is C16H20ClNO4. The molecule has 0 spiro atoms. The number of rotatable bonds is 6. The molecule has 0 saturated heterocycles. The second-order valence-electron chi connectivity index (χ2n) is 4.68. The summed E-state index contributed by atoms with van der Waals surface area (Å²) < 4.78 is 10.2. The number of halogens is 1. The van der Waals surface area contributed by atoms with E-state index in [1.54, 1.807) is 18.2 Å². The van der Waals surface area contributed by atoms with E-state index < -0.39 is 18.0 Å². The fourth-order valence-corrected chi connectivity index (χ4v) is 1.80. The molecule has 0 radical (unpaired) electrons. The molecule has 6 heteroatoms. The van der Waals surface area contributed by atoms with Gasteiger partial charge in [-0.15, -0.1) is 0 Å². The van der Waals surface area contributed by atoms with Crippen LogP contribution in [0.1, 0.15) is 25.8 Å². The van der Waals surface area contributed by atoms with Crippen molar-refractivity contribution in [2.75, 3.05) is 12.4 Å². The molecule has 0 aliphatic heterocycles. The molecule has 0 bridgehead atoms. The number of esters is 1. The van der Waals surface area contributed by atoms with Gasteiger partial charge >= 0.3 is 5.97 Å². The summed E-state index contributed by atoms with van der Waals surface area (Å²) in [6.45, 7) is 5.22. The minimum Gasteiger partial charge on any atom is -0.495 e. The van der Waals surface area contributed by atoms with Crippen LogP contribution >= 0.6 is 11.6 Å². The van der Waals surface area contributed by atoms with Gasteiger partial charge < -0.3 is 14.8 Å². The van der Waals surface area contributed by atoms with E-state index in [1.165, 1.54) is 20.1 Å². The summed E-state index contributed by atoms with van der Waals surface area (Å²) in [7, 11) is 1.48. The van der Waals surface area contributed by atoms with Gasteiger partial charge in [-0.05, 0) is 31.9 Å². The van der Waals surface area contributed by atoms with Gasteiger partial charge in [0.15, 0.2) is 6.10 Å². The predicted octanol–water partition coefficient (Wildman–Crippen LogP) is 3.49. The third-order valence-corrected chi connectivity index (χ3v) is 3.30. The largest absolute Gasteiger partial charge is 0.495 e. The van der Waals surface area contributed by atoms with Gasteiger partial charge in [-0.3, -0.25) is 4.79 Å². The molecule has 0 heterocycles. The minimum atomic E-state index is -0.922. The fourth-order valence-electron chi connectivity index (χ4n) is 1.65. The lowest BCUT2D eigenvalue weighted by Crippen LogP contribution is -2.29. The number of methoxy groups -OCH3 is 1. The Kier molecular flexibility index (Phi) is 6.92. The SMILES string of the molecule is CC/C=C/C(=O)O[C@H](C)C(=O)Nc1cc(C)c(Cl)cc1OC. The average Bonchev–Trinajstić information content (AvgIpc) is 2.48. The topological polar surface area (TPSA) is 64.6 Å². The van der Waals surface area contributed by atoms with Crippen molar-refractivity contribution in [3.63, 3.8) is 0 Å². The molecule has 1 aromatic rings. The molecule has 1 amide bonds. The molecule has 0 saturated carbocycles. The van der Waals surface area contributed by atoms with Crippen LogP contribution < -0.4 is 10.1 Å². The number of aryl methyl sites for hydroxylation is 1. The van der Waals surface area contributed by atoms with Crippen LogP contribution in [-0.2, 0) is 14.3 Å². The highest BCUT2D eigenvalue weighted by molar-refractivity contribution is 6.31. The Morgan fingerprint density at radius 3 is 2.68 bits per heavy atom. The normalized spacial score (nSPS) is 12.0. The number of hydrogen-bond acceptors (Lipinski definition) is 4. The van der Waals surface area contributed by atoms with Crippen molar-refractivity contribution in [1.29, 1.82) is 0 Å². The van der Waals surface area contributed by atoms with Crippen LogP contribution in [-0.4, -0.2) is 25.1 Å². The molecule has 1 rings (SSSR count). The molecule has 0 fully saturated rings. The number of allylic oxidation sites excluding steroid dienone is 1. The maximum Gasteiger partial charge on any atom is 0.331 e. The van der Waals surface area contributed by atoms with E-state index in [0.29, 0.717) is 16.5 Å². The van der Waals surface area contributed by atoms with Gasteiger partial charge in [-0.1, -0.05) is 24.6 Å². The first-order valence-electron chi connectivity index (χ1n) is 6.91. The quantitative estimate of drug-likeness (QED) is 0.642. The summed E-state index contributed by atoms with van der Waals surface area (Å²) in [6, 6.07) is 3.32. The summed E-state index contributed by atoms with van der Waals surface area (Å²) in [5.41, 5.74) is 1.27. The van der Waals surface area contributed by atoms with E-state index in [9.17, 15) is 9.59 Å². The van der Waals surface area contributed by atoms with Crippen molar-refractivity contribution < 1.29 is 19.1 Å². The van der Waals surface area contributed by atoms with Crippen LogP contribution in [0.5, 0.6) is 5.75 Å². The molecule has 5 nitrogen and oxygen atoms in total. The van der Waals surface area contributed by atoms with E-state index in [-0.39, 0.29) is 0 Å². The molecule has 1 aromatic carbocycles. The van der Waals surface area contributed by atoms with E-state index in [0.717, 1.165) is 12.0 Å². The number of benzene rings is 1. The minimum absolute atomic E-state index is 0.438. The highest BCUT2D eigenvalue weighted by atomic mass is 35.5. The second kappa shape index (κ2) is 8.44. The van der Waals surface area contributed by atoms with E-state index in [4.69, 9.17) is 21.1 Å². The van der Waals surface area contributed by atoms with Crippen molar-refractivity contribution in [3.8, 4) is 5.75 Å². The zero-order valence-corrected chi connectivity index (χ0v) is 13.9. The molecule has 1 N–H and O–H groups in total. The van der Waals surface area contributed by atoms with Crippen molar-refractivity contribution in [1.82, 2.24) is 0 Å². The monoisotopic (exact) mass is 325 g/mol. The molecule has 0 aliphatic carbocycles. The van der Waals surface area contributed by atoms with Gasteiger partial charge in [-0.25, -0.2) is 4.79 Å². The average molecular weight is 326 g/mol. The van der Waals surface area contributed by atoms with Crippen molar-refractivity contribution in [2.45, 2.75) is 33.3 Å². The number of ether oxygens (including phenoxy) is 2. The van der Waals surface area contributed by atoms with Gasteiger partial charge in [0, 0.05) is 17.2 Å². The van der Waals surface area contributed by atoms with Crippen LogP contribution in [0, 0.1) is 6.92 Å². The Bertz CT molecular complexity index is 584. The third-order valence-electron chi connectivity index (χ3n) is 2.89. The van der Waals surface area contributed by atoms with Gasteiger partial charge in [0.2, 0.25) is 0 Å². The first-order chi connectivity index (χ1) is 10.4. The van der Waals surface area contributed by atoms with Crippen LogP contribution in [0.25, 0.3) is 0 Å². The Balaban J connectivity index is 2.78. The molecule has 0 aromatic heterocycles. The van der Waals surface area contributed by atoms with Gasteiger partial charge in [0.1, 0.15) is 5.75 Å². The number of anilines is 1. The zero-order valence-electron chi connectivity index (χ0n) is 13.1. The van der Waals surface area contributed by atoms with E-state index in [1.807, 2.05) is 13.8 Å². The van der Waals surface area contributed by atoms with E-state index >= 15 is 0 Å². The van der Waals surface area contributed by atoms with Crippen LogP contribution in [0.4, 0.5) is 5.69 Å². The number of nitrogens with one attached hydrogen (secondary N) is 1. The number of carbonyl (C=O) groups excluding carboxylic acids is 2. The lowest BCUT2D eigenvalue weighted by Gasteiger charge is -2.15. The van der Waals surface area contributed by atoms with Crippen LogP contribution in [0.2, 0.25) is 5.02 Å². The Labute approximate surface area is 135 Å². The summed E-state index contributed by atoms with van der Waals surface area (Å²) in [5.74, 6) is -0.560. The van der Waals surface area contributed by atoms with E-state index in [2.05, 4.69) is 5.32 Å². The second-order valence-corrected chi connectivity index (χ2v) is 5.09. The molecule has 1 atom stereocenters. The smallest absolute Gasteiger partial charge is 0.331 e. The molecule has 22 heavy (non-hydrogen) atoms. The summed E-state index contributed by atoms with van der Waals surface area (Å²) in [5, 5.41) is 3.21. The molecule has 0 unspecified atom stereocenters. The van der Waals surface area contributed by atoms with Crippen LogP contribution in [0.15, 0.2) is 24.3 Å². The maximum absolute atomic E-state index is 12.1. The molecule has 120 valence electrons. The third kappa shape index (κ3) is 5.07. The van der Waals surface area contributed by atoms with Gasteiger partial charge in [-0.2, -0.15) is 0 Å². The molecule has 0 aliphatic rings. The highest BCUT2D eigenvalue weighted by Crippen LogP contribution is 2.31. The first-order valence-corrected chi connectivity index (χ1v) is 7.29. The first kappa shape index (κ1) is 18.0. The Morgan fingerprint density at radius 2 is 2.09 bits per heavy atom. The standard InChI is InChI=1S/C16H20ClNO4/c1-5-6-7-15(19)22-11(3)16(20)18-13-8-10(2)12(17)9-14(13)21-4/h6-9,11H,5H2,1-4H3,(H,18,20)/b7-6+/t11-/m1/s1. The number of hydrogen-bond donors (Lipinski definition) is 1. The van der Waals surface area contributed by atoms with Crippen LogP contribution in [0.3, 0.4) is 0 Å². The lowest BCUT2D eigenvalue weighted by molar-refractivity contribution is -0.148. The van der Waals surface area contributed by atoms with Crippen molar-refractivity contribution in [3.05, 3.63) is 34.9 Å². The number of amides is 1. The lowest BCUT2D eigenvalue weighted by atomic mass is 10.2. The summed E-state index contributed by atoms with van der Waals surface area (Å²) in [6.07, 6.45) is 2.77. The summed E-state index contributed by atoms with van der Waals surface area (Å²) in [4.78, 5) is 23.5.